The molecule has 1 atom stereocenters. The largest absolute Gasteiger partial charge is 0.497 e. The van der Waals surface area contributed by atoms with Gasteiger partial charge in [0.1, 0.15) is 11.6 Å². The Hall–Kier alpha value is -2.07. The molecule has 100 valence electrons. The summed E-state index contributed by atoms with van der Waals surface area (Å²) in [6, 6.07) is 11.4. The summed E-state index contributed by atoms with van der Waals surface area (Å²) in [4.78, 5) is 6.30. The maximum Gasteiger partial charge on any atom is 0.138 e. The number of benzene rings is 1. The van der Waals surface area contributed by atoms with Crippen molar-refractivity contribution in [3.8, 4) is 5.75 Å². The molecule has 0 amide bonds. The monoisotopic (exact) mass is 258 g/mol. The molecule has 1 aromatic heterocycles. The molecule has 1 heterocycles. The van der Waals surface area contributed by atoms with Crippen LogP contribution in [0, 0.1) is 0 Å². The molecule has 0 aliphatic carbocycles. The van der Waals surface area contributed by atoms with Crippen LogP contribution in [-0.2, 0) is 0 Å². The lowest BCUT2D eigenvalue weighted by molar-refractivity contribution is 0.199. The zero-order chi connectivity index (χ0) is 13.8. The van der Waals surface area contributed by atoms with Gasteiger partial charge in [-0.05, 0) is 37.3 Å². The van der Waals surface area contributed by atoms with Gasteiger partial charge in [0.25, 0.3) is 0 Å². The average Bonchev–Trinajstić information content (AvgIpc) is 2.46. The number of ether oxygens (including phenoxy) is 1. The van der Waals surface area contributed by atoms with Gasteiger partial charge in [0, 0.05) is 24.5 Å². The van der Waals surface area contributed by atoms with E-state index in [1.165, 1.54) is 0 Å². The highest BCUT2D eigenvalue weighted by Gasteiger charge is 2.13. The van der Waals surface area contributed by atoms with Crippen molar-refractivity contribution in [3.05, 3.63) is 48.2 Å². The first-order valence-electron chi connectivity index (χ1n) is 6.14. The molecule has 0 fully saturated rings. The molecular weight excluding hydrogens is 240 g/mol. The highest BCUT2D eigenvalue weighted by molar-refractivity contribution is 5.63. The van der Waals surface area contributed by atoms with Gasteiger partial charge in [0.05, 0.1) is 13.2 Å². The van der Waals surface area contributed by atoms with E-state index in [0.717, 1.165) is 22.8 Å². The quantitative estimate of drug-likeness (QED) is 0.916. The van der Waals surface area contributed by atoms with E-state index in [4.69, 9.17) is 4.74 Å². The normalized spacial score (nSPS) is 12.0. The first-order valence-corrected chi connectivity index (χ1v) is 6.14. The number of aliphatic hydroxyl groups excluding tert-OH is 1. The molecule has 4 heteroatoms. The van der Waals surface area contributed by atoms with Gasteiger partial charge in [0.2, 0.25) is 0 Å². The number of hydrogen-bond donors (Lipinski definition) is 1. The van der Waals surface area contributed by atoms with Crippen molar-refractivity contribution in [3.63, 3.8) is 0 Å². The second-order valence-electron chi connectivity index (χ2n) is 4.35. The fourth-order valence-corrected chi connectivity index (χ4v) is 1.94. The average molecular weight is 258 g/mol. The molecule has 0 aliphatic rings. The zero-order valence-corrected chi connectivity index (χ0v) is 11.4. The summed E-state index contributed by atoms with van der Waals surface area (Å²) < 4.78 is 5.14. The first kappa shape index (κ1) is 13.4. The van der Waals surface area contributed by atoms with E-state index in [-0.39, 0.29) is 0 Å². The summed E-state index contributed by atoms with van der Waals surface area (Å²) in [7, 11) is 3.57. The van der Waals surface area contributed by atoms with Crippen LogP contribution in [-0.4, -0.2) is 24.2 Å². The number of aromatic nitrogens is 1. The van der Waals surface area contributed by atoms with Crippen LogP contribution in [0.3, 0.4) is 0 Å². The van der Waals surface area contributed by atoms with Crippen molar-refractivity contribution in [2.45, 2.75) is 13.0 Å². The summed E-state index contributed by atoms with van der Waals surface area (Å²) in [5, 5.41) is 9.80. The SMILES string of the molecule is COc1ccc(N(C)c2ncccc2[C@H](C)O)cc1. The smallest absolute Gasteiger partial charge is 0.138 e. The molecule has 0 saturated carbocycles. The van der Waals surface area contributed by atoms with Crippen LogP contribution >= 0.6 is 0 Å². The Kier molecular flexibility index (Phi) is 4.02. The molecule has 0 bridgehead atoms. The number of aliphatic hydroxyl groups is 1. The molecule has 0 spiro atoms. The maximum atomic E-state index is 9.80. The Balaban J connectivity index is 2.35. The minimum atomic E-state index is -0.551. The fraction of sp³-hybridized carbons (Fsp3) is 0.267. The number of methoxy groups -OCH3 is 1. The summed E-state index contributed by atoms with van der Waals surface area (Å²) in [5.74, 6) is 1.57. The van der Waals surface area contributed by atoms with Gasteiger partial charge in [0.15, 0.2) is 0 Å². The van der Waals surface area contributed by atoms with Gasteiger partial charge in [-0.2, -0.15) is 0 Å². The Morgan fingerprint density at radius 2 is 1.89 bits per heavy atom. The number of hydrogen-bond acceptors (Lipinski definition) is 4. The molecule has 0 unspecified atom stereocenters. The third-order valence-corrected chi connectivity index (χ3v) is 3.04. The molecule has 2 aromatic rings. The lowest BCUT2D eigenvalue weighted by Crippen LogP contribution is -2.14. The Bertz CT molecular complexity index is 538. The van der Waals surface area contributed by atoms with Crippen molar-refractivity contribution >= 4 is 11.5 Å². The Morgan fingerprint density at radius 3 is 2.47 bits per heavy atom. The number of nitrogens with zero attached hydrogens (tertiary/aromatic N) is 2. The standard InChI is InChI=1S/C15H18N2O2/c1-11(18)14-5-4-10-16-15(14)17(2)12-6-8-13(19-3)9-7-12/h4-11,18H,1-3H3/t11-/m0/s1. The van der Waals surface area contributed by atoms with E-state index < -0.39 is 6.10 Å². The van der Waals surface area contributed by atoms with Crippen molar-refractivity contribution in [2.24, 2.45) is 0 Å². The Morgan fingerprint density at radius 1 is 1.21 bits per heavy atom. The van der Waals surface area contributed by atoms with Crippen LogP contribution in [0.2, 0.25) is 0 Å². The number of rotatable bonds is 4. The number of anilines is 2. The number of pyridine rings is 1. The molecule has 1 N–H and O–H groups in total. The minimum Gasteiger partial charge on any atom is -0.497 e. The lowest BCUT2D eigenvalue weighted by Gasteiger charge is -2.22. The first-order chi connectivity index (χ1) is 9.13. The van der Waals surface area contributed by atoms with Crippen molar-refractivity contribution in [1.29, 1.82) is 0 Å². The van der Waals surface area contributed by atoms with Gasteiger partial charge >= 0.3 is 0 Å². The highest BCUT2D eigenvalue weighted by Crippen LogP contribution is 2.29. The lowest BCUT2D eigenvalue weighted by atomic mass is 10.1. The highest BCUT2D eigenvalue weighted by atomic mass is 16.5. The van der Waals surface area contributed by atoms with Crippen LogP contribution < -0.4 is 9.64 Å². The summed E-state index contributed by atoms with van der Waals surface area (Å²) >= 11 is 0. The predicted octanol–water partition coefficient (Wildman–Crippen LogP) is 2.91. The molecular formula is C15H18N2O2. The molecule has 0 radical (unpaired) electrons. The van der Waals surface area contributed by atoms with E-state index in [2.05, 4.69) is 4.98 Å². The molecule has 4 nitrogen and oxygen atoms in total. The third kappa shape index (κ3) is 2.85. The summed E-state index contributed by atoms with van der Waals surface area (Å²) in [6.45, 7) is 1.74. The summed E-state index contributed by atoms with van der Waals surface area (Å²) in [6.07, 6.45) is 1.17. The van der Waals surface area contributed by atoms with Gasteiger partial charge in [-0.25, -0.2) is 4.98 Å². The zero-order valence-electron chi connectivity index (χ0n) is 11.4. The van der Waals surface area contributed by atoms with Gasteiger partial charge in [-0.15, -0.1) is 0 Å². The molecule has 0 aliphatic heterocycles. The van der Waals surface area contributed by atoms with Crippen LogP contribution in [0.1, 0.15) is 18.6 Å². The second kappa shape index (κ2) is 5.71. The van der Waals surface area contributed by atoms with E-state index in [1.54, 1.807) is 20.2 Å². The molecule has 1 aromatic carbocycles. The predicted molar refractivity (Wildman–Crippen MR) is 75.9 cm³/mol. The fourth-order valence-electron chi connectivity index (χ4n) is 1.94. The molecule has 19 heavy (non-hydrogen) atoms. The van der Waals surface area contributed by atoms with Gasteiger partial charge in [-0.1, -0.05) is 6.07 Å². The minimum absolute atomic E-state index is 0.551. The van der Waals surface area contributed by atoms with Crippen molar-refractivity contribution in [1.82, 2.24) is 4.98 Å². The van der Waals surface area contributed by atoms with E-state index in [0.29, 0.717) is 0 Å². The Labute approximate surface area is 113 Å². The van der Waals surface area contributed by atoms with E-state index in [9.17, 15) is 5.11 Å². The van der Waals surface area contributed by atoms with Crippen LogP contribution in [0.5, 0.6) is 5.75 Å². The third-order valence-electron chi connectivity index (χ3n) is 3.04. The maximum absolute atomic E-state index is 9.80. The van der Waals surface area contributed by atoms with Crippen LogP contribution in [0.4, 0.5) is 11.5 Å². The van der Waals surface area contributed by atoms with E-state index in [1.807, 2.05) is 48.3 Å². The van der Waals surface area contributed by atoms with Crippen LogP contribution in [0.15, 0.2) is 42.6 Å². The van der Waals surface area contributed by atoms with Crippen LogP contribution in [0.25, 0.3) is 0 Å². The summed E-state index contributed by atoms with van der Waals surface area (Å²) in [5.41, 5.74) is 1.79. The second-order valence-corrected chi connectivity index (χ2v) is 4.35. The van der Waals surface area contributed by atoms with Crippen molar-refractivity contribution in [2.75, 3.05) is 19.1 Å². The molecule has 0 saturated heterocycles. The van der Waals surface area contributed by atoms with Gasteiger partial charge in [-0.3, -0.25) is 0 Å². The van der Waals surface area contributed by atoms with Crippen molar-refractivity contribution < 1.29 is 9.84 Å². The molecule has 2 rings (SSSR count). The van der Waals surface area contributed by atoms with Gasteiger partial charge < -0.3 is 14.7 Å². The topological polar surface area (TPSA) is 45.6 Å². The van der Waals surface area contributed by atoms with E-state index >= 15 is 0 Å².